The van der Waals surface area contributed by atoms with Crippen LogP contribution in [0.2, 0.25) is 0 Å². The Kier molecular flexibility index (Phi) is 3.44. The van der Waals surface area contributed by atoms with E-state index in [0.29, 0.717) is 11.0 Å². The second-order valence-corrected chi connectivity index (χ2v) is 4.90. The Labute approximate surface area is 102 Å². The van der Waals surface area contributed by atoms with Crippen LogP contribution in [-0.2, 0) is 0 Å². The summed E-state index contributed by atoms with van der Waals surface area (Å²) in [6, 6.07) is 8.88. The highest BCUT2D eigenvalue weighted by atomic mass is 32.1. The number of rotatable bonds is 3. The van der Waals surface area contributed by atoms with Crippen LogP contribution in [0.4, 0.5) is 5.69 Å². The maximum absolute atomic E-state index is 5.65. The Morgan fingerprint density at radius 3 is 2.69 bits per heavy atom. The first-order valence-electron chi connectivity index (χ1n) is 5.81. The molecule has 0 unspecified atom stereocenters. The second kappa shape index (κ2) is 4.83. The molecule has 0 amide bonds. The molecule has 1 aromatic carbocycles. The van der Waals surface area contributed by atoms with Gasteiger partial charge < -0.3 is 10.6 Å². The van der Waals surface area contributed by atoms with Crippen molar-refractivity contribution in [2.24, 2.45) is 5.73 Å². The highest BCUT2D eigenvalue weighted by Crippen LogP contribution is 2.27. The predicted molar refractivity (Wildman–Crippen MR) is 73.0 cm³/mol. The molecule has 0 aliphatic heterocycles. The molecule has 1 saturated carbocycles. The molecule has 0 bridgehead atoms. The number of benzene rings is 1. The summed E-state index contributed by atoms with van der Waals surface area (Å²) >= 11 is 5.00. The molecule has 0 radical (unpaired) electrons. The van der Waals surface area contributed by atoms with Crippen LogP contribution in [-0.4, -0.2) is 18.1 Å². The van der Waals surface area contributed by atoms with Crippen molar-refractivity contribution in [3.63, 3.8) is 0 Å². The summed E-state index contributed by atoms with van der Waals surface area (Å²) in [4.78, 5) is 2.83. The monoisotopic (exact) mass is 234 g/mol. The fourth-order valence-electron chi connectivity index (χ4n) is 2.38. The minimum atomic E-state index is 0.474. The Morgan fingerprint density at radius 1 is 1.38 bits per heavy atom. The second-order valence-electron chi connectivity index (χ2n) is 4.46. The minimum Gasteiger partial charge on any atom is -0.389 e. The van der Waals surface area contributed by atoms with Crippen molar-refractivity contribution in [1.29, 1.82) is 0 Å². The van der Waals surface area contributed by atoms with Crippen LogP contribution in [0.15, 0.2) is 24.3 Å². The molecule has 1 aromatic rings. The highest BCUT2D eigenvalue weighted by molar-refractivity contribution is 7.80. The molecule has 0 aromatic heterocycles. The van der Waals surface area contributed by atoms with Crippen molar-refractivity contribution < 1.29 is 0 Å². The lowest BCUT2D eigenvalue weighted by molar-refractivity contribution is 0.653. The van der Waals surface area contributed by atoms with E-state index in [4.69, 9.17) is 18.0 Å². The third kappa shape index (κ3) is 2.35. The number of thiocarbonyl (C=S) groups is 1. The molecular formula is C13H18N2S. The van der Waals surface area contributed by atoms with Gasteiger partial charge in [-0.25, -0.2) is 0 Å². The summed E-state index contributed by atoms with van der Waals surface area (Å²) < 4.78 is 0. The summed E-state index contributed by atoms with van der Waals surface area (Å²) in [5, 5.41) is 0. The molecule has 0 heterocycles. The molecule has 1 aliphatic rings. The first-order chi connectivity index (χ1) is 7.68. The van der Waals surface area contributed by atoms with E-state index in [1.54, 1.807) is 0 Å². The van der Waals surface area contributed by atoms with Gasteiger partial charge in [-0.2, -0.15) is 0 Å². The molecule has 1 fully saturated rings. The van der Waals surface area contributed by atoms with Crippen molar-refractivity contribution in [2.75, 3.05) is 11.9 Å². The summed E-state index contributed by atoms with van der Waals surface area (Å²) in [6.07, 6.45) is 5.30. The zero-order chi connectivity index (χ0) is 11.5. The van der Waals surface area contributed by atoms with Crippen molar-refractivity contribution in [3.05, 3.63) is 29.8 Å². The fraction of sp³-hybridized carbons (Fsp3) is 0.462. The van der Waals surface area contributed by atoms with Gasteiger partial charge in [0.25, 0.3) is 0 Å². The molecule has 0 atom stereocenters. The summed E-state index contributed by atoms with van der Waals surface area (Å²) in [5.74, 6) is 0. The summed E-state index contributed by atoms with van der Waals surface area (Å²) in [5.41, 5.74) is 7.82. The van der Waals surface area contributed by atoms with E-state index in [1.807, 2.05) is 12.1 Å². The Balaban J connectivity index is 2.18. The van der Waals surface area contributed by atoms with Crippen LogP contribution >= 0.6 is 12.2 Å². The first kappa shape index (κ1) is 11.4. The highest BCUT2D eigenvalue weighted by Gasteiger charge is 2.19. The molecule has 3 heteroatoms. The molecule has 0 spiro atoms. The number of nitrogens with two attached hydrogens (primary N) is 1. The molecule has 0 saturated heterocycles. The van der Waals surface area contributed by atoms with E-state index < -0.39 is 0 Å². The van der Waals surface area contributed by atoms with Gasteiger partial charge in [-0.1, -0.05) is 37.2 Å². The molecule has 2 nitrogen and oxygen atoms in total. The number of hydrogen-bond donors (Lipinski definition) is 1. The van der Waals surface area contributed by atoms with Crippen molar-refractivity contribution in [2.45, 2.75) is 31.7 Å². The van der Waals surface area contributed by atoms with E-state index in [0.717, 1.165) is 5.56 Å². The van der Waals surface area contributed by atoms with Gasteiger partial charge in [-0.15, -0.1) is 0 Å². The zero-order valence-electron chi connectivity index (χ0n) is 9.65. The third-order valence-electron chi connectivity index (χ3n) is 3.41. The van der Waals surface area contributed by atoms with Gasteiger partial charge in [0, 0.05) is 24.3 Å². The van der Waals surface area contributed by atoms with Gasteiger partial charge in [0.1, 0.15) is 4.99 Å². The van der Waals surface area contributed by atoms with Gasteiger partial charge in [0.2, 0.25) is 0 Å². The summed E-state index contributed by atoms with van der Waals surface area (Å²) in [6.45, 7) is 0. The molecule has 2 rings (SSSR count). The predicted octanol–water partition coefficient (Wildman–Crippen LogP) is 2.70. The molecule has 86 valence electrons. The number of anilines is 1. The topological polar surface area (TPSA) is 29.3 Å². The Bertz CT molecular complexity index is 383. The molecular weight excluding hydrogens is 216 g/mol. The van der Waals surface area contributed by atoms with Crippen molar-refractivity contribution >= 4 is 22.9 Å². The summed E-state index contributed by atoms with van der Waals surface area (Å²) in [7, 11) is 2.16. The lowest BCUT2D eigenvalue weighted by Crippen LogP contribution is -2.28. The maximum Gasteiger partial charge on any atom is 0.104 e. The van der Waals surface area contributed by atoms with Crippen LogP contribution in [0, 0.1) is 0 Å². The maximum atomic E-state index is 5.65. The largest absolute Gasteiger partial charge is 0.389 e. The van der Waals surface area contributed by atoms with Crippen LogP contribution in [0.5, 0.6) is 0 Å². The first-order valence-corrected chi connectivity index (χ1v) is 6.22. The van der Waals surface area contributed by atoms with Crippen molar-refractivity contribution in [3.8, 4) is 0 Å². The van der Waals surface area contributed by atoms with Crippen LogP contribution < -0.4 is 10.6 Å². The Morgan fingerprint density at radius 2 is 2.06 bits per heavy atom. The van der Waals surface area contributed by atoms with E-state index in [1.165, 1.54) is 31.4 Å². The zero-order valence-corrected chi connectivity index (χ0v) is 10.5. The minimum absolute atomic E-state index is 0.474. The van der Waals surface area contributed by atoms with E-state index >= 15 is 0 Å². The number of hydrogen-bond acceptors (Lipinski definition) is 2. The van der Waals surface area contributed by atoms with Gasteiger partial charge in [0.05, 0.1) is 0 Å². The van der Waals surface area contributed by atoms with E-state index in [2.05, 4.69) is 24.1 Å². The lowest BCUT2D eigenvalue weighted by atomic mass is 10.1. The van der Waals surface area contributed by atoms with Gasteiger partial charge in [0.15, 0.2) is 0 Å². The normalized spacial score (nSPS) is 16.3. The Hall–Kier alpha value is -1.09. The smallest absolute Gasteiger partial charge is 0.104 e. The average molecular weight is 234 g/mol. The van der Waals surface area contributed by atoms with Gasteiger partial charge in [-0.3, -0.25) is 0 Å². The third-order valence-corrected chi connectivity index (χ3v) is 3.65. The standard InChI is InChI=1S/C13H18N2S/c1-15(11-6-2-3-7-11)12-8-4-5-10(9-12)13(14)16/h4-5,8-9,11H,2-3,6-7H2,1H3,(H2,14,16). The lowest BCUT2D eigenvalue weighted by Gasteiger charge is -2.26. The molecule has 1 aliphatic carbocycles. The molecule has 16 heavy (non-hydrogen) atoms. The van der Waals surface area contributed by atoms with Gasteiger partial charge in [-0.05, 0) is 25.0 Å². The molecule has 2 N–H and O–H groups in total. The average Bonchev–Trinajstić information content (AvgIpc) is 2.81. The number of nitrogens with zero attached hydrogens (tertiary/aromatic N) is 1. The van der Waals surface area contributed by atoms with Crippen LogP contribution in [0.25, 0.3) is 0 Å². The van der Waals surface area contributed by atoms with E-state index in [9.17, 15) is 0 Å². The van der Waals surface area contributed by atoms with Crippen molar-refractivity contribution in [1.82, 2.24) is 0 Å². The van der Waals surface area contributed by atoms with Crippen LogP contribution in [0.3, 0.4) is 0 Å². The fourth-order valence-corrected chi connectivity index (χ4v) is 2.51. The quantitative estimate of drug-likeness (QED) is 0.815. The van der Waals surface area contributed by atoms with Crippen LogP contribution in [0.1, 0.15) is 31.2 Å². The van der Waals surface area contributed by atoms with Gasteiger partial charge >= 0.3 is 0 Å². The van der Waals surface area contributed by atoms with E-state index in [-0.39, 0.29) is 0 Å². The SMILES string of the molecule is CN(c1cccc(C(N)=S)c1)C1CCCC1.